The maximum atomic E-state index is 4.43. The summed E-state index contributed by atoms with van der Waals surface area (Å²) in [5.74, 6) is 1.17. The van der Waals surface area contributed by atoms with E-state index in [1.54, 1.807) is 0 Å². The van der Waals surface area contributed by atoms with Gasteiger partial charge in [-0.2, -0.15) is 0 Å². The van der Waals surface area contributed by atoms with E-state index in [2.05, 4.69) is 36.2 Å². The van der Waals surface area contributed by atoms with Crippen LogP contribution in [0.4, 0.5) is 0 Å². The molecule has 0 bridgehead atoms. The molecule has 0 spiro atoms. The number of hydrogen-bond donors (Lipinski definition) is 0. The minimum absolute atomic E-state index is 1.01. The third-order valence-corrected chi connectivity index (χ3v) is 3.12. The van der Waals surface area contributed by atoms with E-state index in [1.807, 2.05) is 11.8 Å². The Hall–Kier alpha value is -0.760. The highest BCUT2D eigenvalue weighted by Gasteiger charge is 2.06. The second-order valence-corrected chi connectivity index (χ2v) is 4.45. The largest absolute Gasteiger partial charge is 0.282 e. The zero-order valence-electron chi connectivity index (χ0n) is 7.79. The summed E-state index contributed by atoms with van der Waals surface area (Å²) in [4.78, 5) is 4.43. The van der Waals surface area contributed by atoms with E-state index in [-0.39, 0.29) is 0 Å². The molecular formula is C11H13NS. The molecule has 0 radical (unpaired) electrons. The first-order valence-electron chi connectivity index (χ1n) is 4.56. The number of nitrogens with zero attached hydrogens (tertiary/aromatic N) is 1. The van der Waals surface area contributed by atoms with Gasteiger partial charge in [0.25, 0.3) is 0 Å². The molecule has 1 heterocycles. The van der Waals surface area contributed by atoms with Gasteiger partial charge in [-0.15, -0.1) is 11.8 Å². The fourth-order valence-corrected chi connectivity index (χ4v) is 2.24. The topological polar surface area (TPSA) is 12.4 Å². The molecule has 0 saturated carbocycles. The third kappa shape index (κ3) is 2.34. The Kier molecular flexibility index (Phi) is 2.69. The molecule has 2 rings (SSSR count). The van der Waals surface area contributed by atoms with Crippen molar-refractivity contribution in [1.29, 1.82) is 0 Å². The van der Waals surface area contributed by atoms with E-state index >= 15 is 0 Å². The number of thioether (sulfide) groups is 1. The molecule has 2 heteroatoms. The van der Waals surface area contributed by atoms with Crippen LogP contribution in [-0.2, 0) is 6.42 Å². The fraction of sp³-hybridized carbons (Fsp3) is 0.364. The van der Waals surface area contributed by atoms with Crippen LogP contribution in [0.2, 0.25) is 0 Å². The molecule has 1 aliphatic heterocycles. The average molecular weight is 191 g/mol. The van der Waals surface area contributed by atoms with Crippen molar-refractivity contribution < 1.29 is 0 Å². The minimum atomic E-state index is 1.01. The molecular weight excluding hydrogens is 178 g/mol. The molecule has 0 amide bonds. The van der Waals surface area contributed by atoms with E-state index in [0.717, 1.165) is 13.0 Å². The van der Waals surface area contributed by atoms with E-state index < -0.39 is 0 Å². The van der Waals surface area contributed by atoms with Gasteiger partial charge in [0.1, 0.15) is 0 Å². The number of aryl methyl sites for hydroxylation is 1. The third-order valence-electron chi connectivity index (χ3n) is 2.12. The van der Waals surface area contributed by atoms with Crippen molar-refractivity contribution in [3.63, 3.8) is 0 Å². The standard InChI is InChI=1S/C11H13NS/c1-9-2-4-10(5-3-9)8-11-12-6-7-13-11/h2-5H,6-8H2,1H3. The minimum Gasteiger partial charge on any atom is -0.282 e. The van der Waals surface area contributed by atoms with Crippen LogP contribution in [0.5, 0.6) is 0 Å². The van der Waals surface area contributed by atoms with Crippen molar-refractivity contribution in [2.45, 2.75) is 13.3 Å². The molecule has 1 aromatic rings. The van der Waals surface area contributed by atoms with Crippen molar-refractivity contribution in [2.24, 2.45) is 4.99 Å². The van der Waals surface area contributed by atoms with Crippen molar-refractivity contribution >= 4 is 16.8 Å². The highest BCUT2D eigenvalue weighted by molar-refractivity contribution is 8.14. The Balaban J connectivity index is 2.05. The molecule has 1 nitrogen and oxygen atoms in total. The predicted octanol–water partition coefficient (Wildman–Crippen LogP) is 2.68. The highest BCUT2D eigenvalue weighted by atomic mass is 32.2. The molecule has 0 atom stereocenters. The summed E-state index contributed by atoms with van der Waals surface area (Å²) >= 11 is 1.89. The van der Waals surface area contributed by atoms with Crippen molar-refractivity contribution in [2.75, 3.05) is 12.3 Å². The fourth-order valence-electron chi connectivity index (χ4n) is 1.37. The van der Waals surface area contributed by atoms with Gasteiger partial charge < -0.3 is 0 Å². The quantitative estimate of drug-likeness (QED) is 0.700. The smallest absolute Gasteiger partial charge is 0.0720 e. The Bertz CT molecular complexity index is 313. The average Bonchev–Trinajstić information content (AvgIpc) is 2.62. The van der Waals surface area contributed by atoms with Crippen LogP contribution in [0, 0.1) is 6.92 Å². The Morgan fingerprint density at radius 1 is 1.31 bits per heavy atom. The summed E-state index contributed by atoms with van der Waals surface area (Å²) in [7, 11) is 0. The van der Waals surface area contributed by atoms with Crippen LogP contribution in [0.3, 0.4) is 0 Å². The van der Waals surface area contributed by atoms with Crippen LogP contribution in [0.15, 0.2) is 29.3 Å². The van der Waals surface area contributed by atoms with Crippen LogP contribution in [-0.4, -0.2) is 17.3 Å². The normalized spacial score (nSPS) is 15.9. The first-order valence-corrected chi connectivity index (χ1v) is 5.55. The number of aliphatic imine (C=N–C) groups is 1. The lowest BCUT2D eigenvalue weighted by molar-refractivity contribution is 1.16. The van der Waals surface area contributed by atoms with Gasteiger partial charge in [-0.25, -0.2) is 0 Å². The molecule has 1 aromatic carbocycles. The van der Waals surface area contributed by atoms with E-state index in [0.29, 0.717) is 0 Å². The van der Waals surface area contributed by atoms with E-state index in [4.69, 9.17) is 0 Å². The zero-order chi connectivity index (χ0) is 9.10. The first-order chi connectivity index (χ1) is 6.34. The molecule has 0 aromatic heterocycles. The molecule has 0 saturated heterocycles. The second kappa shape index (κ2) is 3.97. The Morgan fingerprint density at radius 3 is 2.69 bits per heavy atom. The second-order valence-electron chi connectivity index (χ2n) is 3.29. The Morgan fingerprint density at radius 2 is 2.08 bits per heavy atom. The highest BCUT2D eigenvalue weighted by Crippen LogP contribution is 2.16. The summed E-state index contributed by atoms with van der Waals surface area (Å²) < 4.78 is 0. The number of rotatable bonds is 2. The summed E-state index contributed by atoms with van der Waals surface area (Å²) in [6.45, 7) is 3.12. The molecule has 0 aliphatic carbocycles. The SMILES string of the molecule is Cc1ccc(CC2=NCCS2)cc1. The van der Waals surface area contributed by atoms with Gasteiger partial charge in [-0.05, 0) is 12.5 Å². The van der Waals surface area contributed by atoms with Gasteiger partial charge in [0.15, 0.2) is 0 Å². The lowest BCUT2D eigenvalue weighted by Gasteiger charge is -2.00. The first kappa shape index (κ1) is 8.82. The molecule has 0 unspecified atom stereocenters. The van der Waals surface area contributed by atoms with E-state index in [9.17, 15) is 0 Å². The van der Waals surface area contributed by atoms with Crippen LogP contribution >= 0.6 is 11.8 Å². The number of benzene rings is 1. The van der Waals surface area contributed by atoms with Crippen molar-refractivity contribution in [3.05, 3.63) is 35.4 Å². The van der Waals surface area contributed by atoms with Gasteiger partial charge in [0, 0.05) is 18.7 Å². The Labute approximate surface area is 83.3 Å². The van der Waals surface area contributed by atoms with Crippen molar-refractivity contribution in [3.8, 4) is 0 Å². The summed E-state index contributed by atoms with van der Waals surface area (Å²) in [6, 6.07) is 8.71. The molecule has 0 fully saturated rings. The van der Waals surface area contributed by atoms with Gasteiger partial charge >= 0.3 is 0 Å². The lowest BCUT2D eigenvalue weighted by atomic mass is 10.1. The van der Waals surface area contributed by atoms with Gasteiger partial charge in [0.2, 0.25) is 0 Å². The summed E-state index contributed by atoms with van der Waals surface area (Å²) in [5.41, 5.74) is 2.70. The molecule has 0 N–H and O–H groups in total. The van der Waals surface area contributed by atoms with Crippen LogP contribution in [0.1, 0.15) is 11.1 Å². The van der Waals surface area contributed by atoms with Gasteiger partial charge in [-0.3, -0.25) is 4.99 Å². The van der Waals surface area contributed by atoms with Crippen LogP contribution < -0.4 is 0 Å². The van der Waals surface area contributed by atoms with Crippen LogP contribution in [0.25, 0.3) is 0 Å². The van der Waals surface area contributed by atoms with Gasteiger partial charge in [0.05, 0.1) is 5.04 Å². The molecule has 68 valence electrons. The molecule has 1 aliphatic rings. The predicted molar refractivity (Wildman–Crippen MR) is 59.6 cm³/mol. The molecule has 13 heavy (non-hydrogen) atoms. The monoisotopic (exact) mass is 191 g/mol. The maximum absolute atomic E-state index is 4.43. The van der Waals surface area contributed by atoms with Crippen molar-refractivity contribution in [1.82, 2.24) is 0 Å². The van der Waals surface area contributed by atoms with E-state index in [1.165, 1.54) is 21.9 Å². The zero-order valence-corrected chi connectivity index (χ0v) is 8.60. The maximum Gasteiger partial charge on any atom is 0.0720 e. The number of hydrogen-bond acceptors (Lipinski definition) is 2. The summed E-state index contributed by atoms with van der Waals surface area (Å²) in [5, 5.41) is 1.30. The lowest BCUT2D eigenvalue weighted by Crippen LogP contribution is -1.94. The summed E-state index contributed by atoms with van der Waals surface area (Å²) in [6.07, 6.45) is 1.02. The van der Waals surface area contributed by atoms with Gasteiger partial charge in [-0.1, -0.05) is 29.8 Å².